The van der Waals surface area contributed by atoms with Crippen molar-refractivity contribution in [2.24, 2.45) is 0 Å². The summed E-state index contributed by atoms with van der Waals surface area (Å²) in [6, 6.07) is 2.90. The van der Waals surface area contributed by atoms with Crippen LogP contribution in [0.25, 0.3) is 0 Å². The second kappa shape index (κ2) is 5.14. The molecule has 0 saturated carbocycles. The zero-order valence-electron chi connectivity index (χ0n) is 9.15. The second-order valence-corrected chi connectivity index (χ2v) is 3.54. The van der Waals surface area contributed by atoms with E-state index < -0.39 is 11.6 Å². The molecule has 0 unspecified atom stereocenters. The van der Waals surface area contributed by atoms with Crippen LogP contribution >= 0.6 is 11.6 Å². The van der Waals surface area contributed by atoms with Crippen molar-refractivity contribution in [1.82, 2.24) is 9.97 Å². The van der Waals surface area contributed by atoms with Crippen molar-refractivity contribution in [3.63, 3.8) is 0 Å². The zero-order valence-corrected chi connectivity index (χ0v) is 9.91. The van der Waals surface area contributed by atoms with E-state index in [1.807, 2.05) is 0 Å². The number of hydrogen-bond acceptors (Lipinski definition) is 4. The molecule has 0 radical (unpaired) electrons. The number of nitrogens with zero attached hydrogens (tertiary/aromatic N) is 2. The SMILES string of the molecule is COc1c(Cl)ncnc1Oc1ccc(F)cc1F. The minimum absolute atomic E-state index is 0.0324. The van der Waals surface area contributed by atoms with Gasteiger partial charge in [0, 0.05) is 6.07 Å². The van der Waals surface area contributed by atoms with Crippen LogP contribution in [-0.2, 0) is 0 Å². The van der Waals surface area contributed by atoms with E-state index in [0.717, 1.165) is 18.5 Å². The van der Waals surface area contributed by atoms with Gasteiger partial charge in [0.15, 0.2) is 16.7 Å². The summed E-state index contributed by atoms with van der Waals surface area (Å²) >= 11 is 5.75. The first-order valence-electron chi connectivity index (χ1n) is 4.79. The molecule has 18 heavy (non-hydrogen) atoms. The van der Waals surface area contributed by atoms with E-state index in [4.69, 9.17) is 21.1 Å². The van der Waals surface area contributed by atoms with Crippen molar-refractivity contribution in [2.45, 2.75) is 0 Å². The van der Waals surface area contributed by atoms with Gasteiger partial charge in [-0.25, -0.2) is 13.8 Å². The smallest absolute Gasteiger partial charge is 0.267 e. The minimum Gasteiger partial charge on any atom is -0.489 e. The molecule has 1 heterocycles. The van der Waals surface area contributed by atoms with Gasteiger partial charge >= 0.3 is 0 Å². The third-order valence-corrected chi connectivity index (χ3v) is 2.30. The number of halogens is 3. The summed E-state index contributed by atoms with van der Waals surface area (Å²) in [6.45, 7) is 0. The fourth-order valence-electron chi connectivity index (χ4n) is 1.24. The van der Waals surface area contributed by atoms with Crippen molar-refractivity contribution in [3.05, 3.63) is 41.3 Å². The summed E-state index contributed by atoms with van der Waals surface area (Å²) in [6.07, 6.45) is 1.14. The van der Waals surface area contributed by atoms with Gasteiger partial charge in [0.1, 0.15) is 12.1 Å². The van der Waals surface area contributed by atoms with E-state index in [1.54, 1.807) is 0 Å². The first kappa shape index (κ1) is 12.5. The summed E-state index contributed by atoms with van der Waals surface area (Å²) in [5.41, 5.74) is 0. The zero-order chi connectivity index (χ0) is 13.1. The Morgan fingerprint density at radius 2 is 2.00 bits per heavy atom. The van der Waals surface area contributed by atoms with Crippen LogP contribution in [0.5, 0.6) is 17.4 Å². The maximum atomic E-state index is 13.4. The van der Waals surface area contributed by atoms with Crippen LogP contribution in [0.4, 0.5) is 8.78 Å². The van der Waals surface area contributed by atoms with Crippen molar-refractivity contribution < 1.29 is 18.3 Å². The molecule has 94 valence electrons. The molecule has 0 aliphatic carbocycles. The first-order valence-corrected chi connectivity index (χ1v) is 5.17. The van der Waals surface area contributed by atoms with Crippen LogP contribution in [0.15, 0.2) is 24.5 Å². The molecule has 2 rings (SSSR count). The highest BCUT2D eigenvalue weighted by Gasteiger charge is 2.14. The number of rotatable bonds is 3. The Hall–Kier alpha value is -1.95. The lowest BCUT2D eigenvalue weighted by Crippen LogP contribution is -1.97. The molecule has 1 aromatic carbocycles. The topological polar surface area (TPSA) is 44.2 Å². The standard InChI is InChI=1S/C11H7ClF2N2O2/c1-17-9-10(12)15-5-16-11(9)18-8-3-2-6(13)4-7(8)14/h2-5H,1H3. The van der Waals surface area contributed by atoms with E-state index in [9.17, 15) is 8.78 Å². The highest BCUT2D eigenvalue weighted by molar-refractivity contribution is 6.31. The molecular weight excluding hydrogens is 266 g/mol. The molecule has 1 aromatic heterocycles. The number of aromatic nitrogens is 2. The van der Waals surface area contributed by atoms with E-state index in [2.05, 4.69) is 9.97 Å². The summed E-state index contributed by atoms with van der Waals surface area (Å²) in [4.78, 5) is 7.45. The molecule has 0 N–H and O–H groups in total. The number of hydrogen-bond donors (Lipinski definition) is 0. The van der Waals surface area contributed by atoms with E-state index in [1.165, 1.54) is 7.11 Å². The monoisotopic (exact) mass is 272 g/mol. The van der Waals surface area contributed by atoms with Crippen molar-refractivity contribution in [1.29, 1.82) is 0 Å². The van der Waals surface area contributed by atoms with Crippen LogP contribution in [0.2, 0.25) is 5.15 Å². The maximum absolute atomic E-state index is 13.4. The van der Waals surface area contributed by atoms with E-state index >= 15 is 0 Å². The highest BCUT2D eigenvalue weighted by atomic mass is 35.5. The molecule has 0 bridgehead atoms. The van der Waals surface area contributed by atoms with Crippen LogP contribution in [0.3, 0.4) is 0 Å². The molecule has 0 amide bonds. The molecular formula is C11H7ClF2N2O2. The van der Waals surface area contributed by atoms with Gasteiger partial charge in [0.2, 0.25) is 5.75 Å². The number of benzene rings is 1. The number of methoxy groups -OCH3 is 1. The van der Waals surface area contributed by atoms with Crippen LogP contribution in [0.1, 0.15) is 0 Å². The number of ether oxygens (including phenoxy) is 2. The lowest BCUT2D eigenvalue weighted by atomic mass is 10.3. The molecule has 2 aromatic rings. The molecule has 7 heteroatoms. The molecule has 4 nitrogen and oxygen atoms in total. The third kappa shape index (κ3) is 2.48. The van der Waals surface area contributed by atoms with Crippen molar-refractivity contribution in [3.8, 4) is 17.4 Å². The summed E-state index contributed by atoms with van der Waals surface area (Å²) in [5, 5.41) is 0.0324. The lowest BCUT2D eigenvalue weighted by molar-refractivity contribution is 0.358. The van der Waals surface area contributed by atoms with E-state index in [0.29, 0.717) is 6.07 Å². The Balaban J connectivity index is 2.37. The molecule has 0 aliphatic rings. The van der Waals surface area contributed by atoms with E-state index in [-0.39, 0.29) is 22.5 Å². The second-order valence-electron chi connectivity index (χ2n) is 3.18. The summed E-state index contributed by atoms with van der Waals surface area (Å²) < 4.78 is 36.2. The quantitative estimate of drug-likeness (QED) is 0.805. The summed E-state index contributed by atoms with van der Waals surface area (Å²) in [5.74, 6) is -1.73. The average Bonchev–Trinajstić information content (AvgIpc) is 2.33. The largest absolute Gasteiger partial charge is 0.489 e. The summed E-state index contributed by atoms with van der Waals surface area (Å²) in [7, 11) is 1.35. The molecule has 0 fully saturated rings. The van der Waals surface area contributed by atoms with Crippen LogP contribution in [-0.4, -0.2) is 17.1 Å². The maximum Gasteiger partial charge on any atom is 0.267 e. The van der Waals surface area contributed by atoms with Crippen LogP contribution < -0.4 is 9.47 Å². The molecule has 0 atom stereocenters. The van der Waals surface area contributed by atoms with Gasteiger partial charge in [-0.1, -0.05) is 11.6 Å². The van der Waals surface area contributed by atoms with Crippen LogP contribution in [0, 0.1) is 11.6 Å². The Bertz CT molecular complexity index is 581. The Morgan fingerprint density at radius 1 is 1.22 bits per heavy atom. The van der Waals surface area contributed by atoms with Crippen molar-refractivity contribution >= 4 is 11.6 Å². The van der Waals surface area contributed by atoms with Gasteiger partial charge in [-0.2, -0.15) is 4.98 Å². The Kier molecular flexibility index (Phi) is 3.57. The fraction of sp³-hybridized carbons (Fsp3) is 0.0909. The Labute approximate surface area is 106 Å². The lowest BCUT2D eigenvalue weighted by Gasteiger charge is -2.09. The molecule has 0 saturated heterocycles. The third-order valence-electron chi connectivity index (χ3n) is 2.03. The Morgan fingerprint density at radius 3 is 2.67 bits per heavy atom. The van der Waals surface area contributed by atoms with Gasteiger partial charge in [0.25, 0.3) is 5.88 Å². The normalized spacial score (nSPS) is 10.2. The highest BCUT2D eigenvalue weighted by Crippen LogP contribution is 2.34. The van der Waals surface area contributed by atoms with Crippen molar-refractivity contribution in [2.75, 3.05) is 7.11 Å². The van der Waals surface area contributed by atoms with Gasteiger partial charge < -0.3 is 9.47 Å². The predicted molar refractivity (Wildman–Crippen MR) is 60.0 cm³/mol. The van der Waals surface area contributed by atoms with Gasteiger partial charge in [-0.3, -0.25) is 0 Å². The average molecular weight is 273 g/mol. The minimum atomic E-state index is -0.855. The first-order chi connectivity index (χ1) is 8.61. The van der Waals surface area contributed by atoms with Gasteiger partial charge in [-0.05, 0) is 12.1 Å². The van der Waals surface area contributed by atoms with Gasteiger partial charge in [-0.15, -0.1) is 0 Å². The fourth-order valence-corrected chi connectivity index (χ4v) is 1.45. The van der Waals surface area contributed by atoms with Gasteiger partial charge in [0.05, 0.1) is 7.11 Å². The predicted octanol–water partition coefficient (Wildman–Crippen LogP) is 3.21. The molecule has 0 spiro atoms. The molecule has 0 aliphatic heterocycles.